The summed E-state index contributed by atoms with van der Waals surface area (Å²) in [5, 5.41) is 13.4. The number of rotatable bonds is 4. The maximum absolute atomic E-state index is 9.57. The van der Waals surface area contributed by atoms with Gasteiger partial charge in [-0.05, 0) is 90.6 Å². The smallest absolute Gasteiger partial charge is 0.0763 e. The average molecular weight is 618 g/mol. The zero-order chi connectivity index (χ0) is 32.4. The van der Waals surface area contributed by atoms with Crippen molar-refractivity contribution in [2.75, 3.05) is 0 Å². The van der Waals surface area contributed by atoms with Gasteiger partial charge in [-0.15, -0.1) is 0 Å². The van der Waals surface area contributed by atoms with Crippen LogP contribution in [-0.4, -0.2) is 9.13 Å². The Balaban J connectivity index is 1.12. The summed E-state index contributed by atoms with van der Waals surface area (Å²) in [5.41, 5.74) is 13.0. The summed E-state index contributed by atoms with van der Waals surface area (Å²) >= 11 is 0. The molecule has 2 heterocycles. The van der Waals surface area contributed by atoms with Crippen LogP contribution in [0, 0.1) is 16.7 Å². The molecule has 0 fully saturated rings. The second kappa shape index (κ2) is 10.9. The molecular formula is C45H35N3. The average Bonchev–Trinajstić information content (AvgIpc) is 3.66. The Morgan fingerprint density at radius 3 is 2.17 bits per heavy atom. The fourth-order valence-corrected chi connectivity index (χ4v) is 7.81. The maximum atomic E-state index is 9.57. The van der Waals surface area contributed by atoms with Crippen molar-refractivity contribution in [2.45, 2.75) is 32.6 Å². The number of allylic oxidation sites excluding steroid dienone is 5. The lowest BCUT2D eigenvalue weighted by Gasteiger charge is -2.20. The first-order valence-electron chi connectivity index (χ1n) is 16.9. The van der Waals surface area contributed by atoms with E-state index in [1.807, 2.05) is 13.0 Å². The molecule has 2 aliphatic carbocycles. The minimum Gasteiger partial charge on any atom is -0.313 e. The molecule has 0 saturated carbocycles. The van der Waals surface area contributed by atoms with Crippen LogP contribution in [0.2, 0.25) is 0 Å². The third-order valence-electron chi connectivity index (χ3n) is 10.4. The van der Waals surface area contributed by atoms with Crippen LogP contribution >= 0.6 is 0 Å². The lowest BCUT2D eigenvalue weighted by atomic mass is 9.82. The molecular weight excluding hydrogens is 583 g/mol. The van der Waals surface area contributed by atoms with Crippen molar-refractivity contribution in [3.63, 3.8) is 0 Å². The summed E-state index contributed by atoms with van der Waals surface area (Å²) < 4.78 is 4.85. The highest BCUT2D eigenvalue weighted by molar-refractivity contribution is 6.10. The van der Waals surface area contributed by atoms with Gasteiger partial charge in [0.05, 0.1) is 28.0 Å². The van der Waals surface area contributed by atoms with Crippen LogP contribution in [0.5, 0.6) is 0 Å². The molecule has 0 aliphatic heterocycles. The van der Waals surface area contributed by atoms with Crippen LogP contribution in [-0.2, 0) is 0 Å². The van der Waals surface area contributed by atoms with Crippen LogP contribution in [0.25, 0.3) is 66.9 Å². The van der Waals surface area contributed by atoms with Crippen LogP contribution in [0.3, 0.4) is 0 Å². The number of nitrogens with zero attached hydrogens (tertiary/aromatic N) is 3. The molecule has 7 aromatic rings. The standard InChI is InChI=1S/C45H35N3/c1-30-9-7-14-39-37-12-3-6-16-42(37)48(44(30)39)35-20-17-31(18-21-35)34-19-22-43-40(28-34)38-13-4-5-15-41(38)47(43)36-11-8-10-33(27-36)32-23-25-45(2,29-46)26-24-32/h3-8,10-25,27-28,30H,9,26H2,1-2H3. The van der Waals surface area contributed by atoms with E-state index >= 15 is 0 Å². The van der Waals surface area contributed by atoms with Gasteiger partial charge in [-0.2, -0.15) is 5.26 Å². The van der Waals surface area contributed by atoms with Crippen molar-refractivity contribution in [3.05, 3.63) is 156 Å². The summed E-state index contributed by atoms with van der Waals surface area (Å²) in [5.74, 6) is 0.465. The molecule has 3 nitrogen and oxygen atoms in total. The van der Waals surface area contributed by atoms with Gasteiger partial charge in [-0.3, -0.25) is 0 Å². The molecule has 5 aromatic carbocycles. The molecule has 48 heavy (non-hydrogen) atoms. The van der Waals surface area contributed by atoms with Gasteiger partial charge in [-0.25, -0.2) is 0 Å². The Morgan fingerprint density at radius 1 is 0.667 bits per heavy atom. The highest BCUT2D eigenvalue weighted by Crippen LogP contribution is 2.40. The minimum atomic E-state index is -0.432. The van der Waals surface area contributed by atoms with Gasteiger partial charge >= 0.3 is 0 Å². The van der Waals surface area contributed by atoms with E-state index in [9.17, 15) is 5.26 Å². The maximum Gasteiger partial charge on any atom is 0.0763 e. The van der Waals surface area contributed by atoms with Gasteiger partial charge in [0.2, 0.25) is 0 Å². The van der Waals surface area contributed by atoms with E-state index in [4.69, 9.17) is 0 Å². The van der Waals surface area contributed by atoms with Gasteiger partial charge < -0.3 is 9.13 Å². The summed E-state index contributed by atoms with van der Waals surface area (Å²) in [6, 6.07) is 44.6. The molecule has 2 aliphatic rings. The molecule has 230 valence electrons. The van der Waals surface area contributed by atoms with Gasteiger partial charge in [0.15, 0.2) is 0 Å². The topological polar surface area (TPSA) is 33.6 Å². The second-order valence-corrected chi connectivity index (χ2v) is 13.6. The van der Waals surface area contributed by atoms with Crippen LogP contribution in [0.1, 0.15) is 49.4 Å². The third-order valence-corrected chi connectivity index (χ3v) is 10.4. The van der Waals surface area contributed by atoms with E-state index in [1.54, 1.807) is 0 Å². The Hall–Kier alpha value is -5.85. The molecule has 2 aromatic heterocycles. The SMILES string of the molecule is CC1CC=Cc2c1n(-c1ccc(-c3ccc4c(c3)c3ccccc3n4-c3cccc(C4=CCC(C)(C#N)C=C4)c3)cc1)c1ccccc21. The Bertz CT molecular complexity index is 2540. The van der Waals surface area contributed by atoms with Crippen molar-refractivity contribution in [1.29, 1.82) is 5.26 Å². The second-order valence-electron chi connectivity index (χ2n) is 13.6. The number of benzene rings is 5. The zero-order valence-electron chi connectivity index (χ0n) is 27.2. The Kier molecular flexibility index (Phi) is 6.42. The number of para-hydroxylation sites is 2. The zero-order valence-corrected chi connectivity index (χ0v) is 27.2. The van der Waals surface area contributed by atoms with E-state index in [0.29, 0.717) is 5.92 Å². The number of fused-ring (bicyclic) bond motifs is 6. The predicted molar refractivity (Wildman–Crippen MR) is 201 cm³/mol. The van der Waals surface area contributed by atoms with Gasteiger partial charge in [0.25, 0.3) is 0 Å². The van der Waals surface area contributed by atoms with Gasteiger partial charge in [0.1, 0.15) is 0 Å². The lowest BCUT2D eigenvalue weighted by Crippen LogP contribution is -2.11. The Labute approximate surface area is 281 Å². The number of aromatic nitrogens is 2. The summed E-state index contributed by atoms with van der Waals surface area (Å²) in [6.07, 6.45) is 12.7. The summed E-state index contributed by atoms with van der Waals surface area (Å²) in [7, 11) is 0. The molecule has 0 amide bonds. The normalized spacial score (nSPS) is 18.7. The highest BCUT2D eigenvalue weighted by Gasteiger charge is 2.24. The van der Waals surface area contributed by atoms with Gasteiger partial charge in [0, 0.05) is 44.7 Å². The molecule has 2 unspecified atom stereocenters. The number of hydrogen-bond acceptors (Lipinski definition) is 1. The molecule has 2 atom stereocenters. The van der Waals surface area contributed by atoms with E-state index in [-0.39, 0.29) is 0 Å². The monoisotopic (exact) mass is 617 g/mol. The molecule has 0 N–H and O–H groups in total. The van der Waals surface area contributed by atoms with Crippen molar-refractivity contribution in [3.8, 4) is 28.6 Å². The first kappa shape index (κ1) is 28.4. The lowest BCUT2D eigenvalue weighted by molar-refractivity contribution is 0.575. The van der Waals surface area contributed by atoms with Crippen molar-refractivity contribution in [1.82, 2.24) is 9.13 Å². The largest absolute Gasteiger partial charge is 0.313 e. The van der Waals surface area contributed by atoms with Crippen molar-refractivity contribution < 1.29 is 0 Å². The molecule has 0 saturated heterocycles. The van der Waals surface area contributed by atoms with E-state index in [1.165, 1.54) is 60.8 Å². The highest BCUT2D eigenvalue weighted by atomic mass is 15.0. The predicted octanol–water partition coefficient (Wildman–Crippen LogP) is 11.8. The molecule has 0 spiro atoms. The first-order valence-corrected chi connectivity index (χ1v) is 16.9. The van der Waals surface area contributed by atoms with E-state index in [0.717, 1.165) is 29.7 Å². The van der Waals surface area contributed by atoms with Crippen molar-refractivity contribution >= 4 is 44.4 Å². The summed E-state index contributed by atoms with van der Waals surface area (Å²) in [6.45, 7) is 4.33. The van der Waals surface area contributed by atoms with E-state index < -0.39 is 5.41 Å². The first-order chi connectivity index (χ1) is 23.5. The molecule has 9 rings (SSSR count). The van der Waals surface area contributed by atoms with Crippen molar-refractivity contribution in [2.24, 2.45) is 5.41 Å². The molecule has 3 heteroatoms. The fraction of sp³-hybridized carbons (Fsp3) is 0.133. The number of hydrogen-bond donors (Lipinski definition) is 0. The van der Waals surface area contributed by atoms with Crippen LogP contribution in [0.4, 0.5) is 0 Å². The third kappa shape index (κ3) is 4.41. The van der Waals surface area contributed by atoms with E-state index in [2.05, 4.69) is 162 Å². The quantitative estimate of drug-likeness (QED) is 0.193. The molecule has 0 radical (unpaired) electrons. The van der Waals surface area contributed by atoms with Crippen LogP contribution in [0.15, 0.2) is 140 Å². The summed E-state index contributed by atoms with van der Waals surface area (Å²) in [4.78, 5) is 0. The van der Waals surface area contributed by atoms with Crippen LogP contribution < -0.4 is 0 Å². The molecule has 0 bridgehead atoms. The Morgan fingerprint density at radius 2 is 1.40 bits per heavy atom. The number of nitriles is 1. The van der Waals surface area contributed by atoms with Gasteiger partial charge in [-0.1, -0.05) is 104 Å². The minimum absolute atomic E-state index is 0.432. The fourth-order valence-electron chi connectivity index (χ4n) is 7.81.